The Hall–Kier alpha value is -1.94. The first-order valence-corrected chi connectivity index (χ1v) is 6.83. The third-order valence-corrected chi connectivity index (χ3v) is 2.92. The Morgan fingerprint density at radius 1 is 1.35 bits per heavy atom. The zero-order valence-corrected chi connectivity index (χ0v) is 12.3. The van der Waals surface area contributed by atoms with Gasteiger partial charge in [0.05, 0.1) is 17.5 Å². The minimum atomic E-state index is 0.0832. The van der Waals surface area contributed by atoms with Gasteiger partial charge < -0.3 is 15.8 Å². The van der Waals surface area contributed by atoms with Crippen molar-refractivity contribution in [3.8, 4) is 5.88 Å². The molecule has 4 nitrogen and oxygen atoms in total. The Labute approximate surface area is 123 Å². The lowest BCUT2D eigenvalue weighted by atomic mass is 10.2. The Morgan fingerprint density at radius 3 is 2.90 bits per heavy atom. The van der Waals surface area contributed by atoms with Gasteiger partial charge in [0.2, 0.25) is 5.88 Å². The highest BCUT2D eigenvalue weighted by molar-refractivity contribution is 6.31. The maximum atomic E-state index is 5.97. The largest absolute Gasteiger partial charge is 0.475 e. The van der Waals surface area contributed by atoms with E-state index in [1.165, 1.54) is 0 Å². The monoisotopic (exact) mass is 291 g/mol. The lowest BCUT2D eigenvalue weighted by Crippen LogP contribution is -2.11. The number of benzene rings is 1. The second kappa shape index (κ2) is 6.48. The van der Waals surface area contributed by atoms with Crippen LogP contribution in [0.2, 0.25) is 5.02 Å². The molecule has 0 atom stereocenters. The van der Waals surface area contributed by atoms with Crippen LogP contribution in [-0.2, 0) is 6.54 Å². The first-order chi connectivity index (χ1) is 9.56. The number of halogens is 1. The molecule has 1 aromatic heterocycles. The van der Waals surface area contributed by atoms with Gasteiger partial charge in [0.25, 0.3) is 0 Å². The molecule has 0 radical (unpaired) electrons. The van der Waals surface area contributed by atoms with Crippen LogP contribution in [0.15, 0.2) is 36.5 Å². The first kappa shape index (κ1) is 14.5. The number of hydrogen-bond acceptors (Lipinski definition) is 4. The summed E-state index contributed by atoms with van der Waals surface area (Å²) in [6, 6.07) is 9.19. The molecule has 0 bridgehead atoms. The van der Waals surface area contributed by atoms with Crippen molar-refractivity contribution in [2.45, 2.75) is 26.5 Å². The van der Waals surface area contributed by atoms with Gasteiger partial charge in [-0.2, -0.15) is 0 Å². The van der Waals surface area contributed by atoms with Crippen LogP contribution in [0, 0.1) is 0 Å². The normalized spacial score (nSPS) is 10.6. The summed E-state index contributed by atoms with van der Waals surface area (Å²) < 4.78 is 5.68. The minimum Gasteiger partial charge on any atom is -0.475 e. The summed E-state index contributed by atoms with van der Waals surface area (Å²) in [6.07, 6.45) is 1.80. The predicted molar refractivity (Wildman–Crippen MR) is 83.2 cm³/mol. The van der Waals surface area contributed by atoms with Crippen molar-refractivity contribution in [1.29, 1.82) is 0 Å². The molecule has 0 aliphatic rings. The maximum Gasteiger partial charge on any atom is 0.218 e. The number of nitrogen functional groups attached to an aromatic ring is 1. The van der Waals surface area contributed by atoms with Crippen LogP contribution >= 0.6 is 11.6 Å². The van der Waals surface area contributed by atoms with Crippen molar-refractivity contribution >= 4 is 23.0 Å². The molecule has 1 aromatic carbocycles. The van der Waals surface area contributed by atoms with E-state index in [9.17, 15) is 0 Å². The predicted octanol–water partition coefficient (Wildman–Crippen LogP) is 3.72. The standard InChI is InChI=1S/C15H18ClN3O/c1-10(2)20-15-11(4-3-7-18-15)9-19-14-8-12(16)5-6-13(14)17/h3-8,10,19H,9,17H2,1-2H3. The highest BCUT2D eigenvalue weighted by Crippen LogP contribution is 2.24. The van der Waals surface area contributed by atoms with Gasteiger partial charge in [0.1, 0.15) is 0 Å². The second-order valence-corrected chi connectivity index (χ2v) is 5.16. The van der Waals surface area contributed by atoms with Gasteiger partial charge in [-0.15, -0.1) is 0 Å². The first-order valence-electron chi connectivity index (χ1n) is 6.45. The molecule has 106 valence electrons. The van der Waals surface area contributed by atoms with Gasteiger partial charge in [-0.05, 0) is 38.1 Å². The van der Waals surface area contributed by atoms with E-state index < -0.39 is 0 Å². The van der Waals surface area contributed by atoms with E-state index in [0.717, 1.165) is 11.3 Å². The van der Waals surface area contributed by atoms with Crippen LogP contribution in [0.1, 0.15) is 19.4 Å². The molecular weight excluding hydrogens is 274 g/mol. The van der Waals surface area contributed by atoms with Gasteiger partial charge in [-0.1, -0.05) is 17.7 Å². The third-order valence-electron chi connectivity index (χ3n) is 2.68. The van der Waals surface area contributed by atoms with Crippen molar-refractivity contribution in [3.63, 3.8) is 0 Å². The molecule has 5 heteroatoms. The average molecular weight is 292 g/mol. The summed E-state index contributed by atoms with van der Waals surface area (Å²) >= 11 is 5.97. The van der Waals surface area contributed by atoms with Crippen molar-refractivity contribution in [3.05, 3.63) is 47.1 Å². The third kappa shape index (κ3) is 3.78. The van der Waals surface area contributed by atoms with Crippen LogP contribution in [0.3, 0.4) is 0 Å². The molecule has 0 aliphatic heterocycles. The second-order valence-electron chi connectivity index (χ2n) is 4.72. The highest BCUT2D eigenvalue weighted by atomic mass is 35.5. The number of anilines is 2. The lowest BCUT2D eigenvalue weighted by molar-refractivity contribution is 0.230. The molecular formula is C15H18ClN3O. The van der Waals surface area contributed by atoms with E-state index in [0.29, 0.717) is 23.1 Å². The van der Waals surface area contributed by atoms with Crippen LogP contribution in [0.4, 0.5) is 11.4 Å². The van der Waals surface area contributed by atoms with Crippen LogP contribution < -0.4 is 15.8 Å². The SMILES string of the molecule is CC(C)Oc1ncccc1CNc1cc(Cl)ccc1N. The smallest absolute Gasteiger partial charge is 0.218 e. The molecule has 2 aromatic rings. The van der Waals surface area contributed by atoms with Crippen molar-refractivity contribution in [2.75, 3.05) is 11.1 Å². The van der Waals surface area contributed by atoms with Gasteiger partial charge in [-0.25, -0.2) is 4.98 Å². The van der Waals surface area contributed by atoms with E-state index >= 15 is 0 Å². The summed E-state index contributed by atoms with van der Waals surface area (Å²) in [5, 5.41) is 3.90. The maximum absolute atomic E-state index is 5.97. The quantitative estimate of drug-likeness (QED) is 0.824. The summed E-state index contributed by atoms with van der Waals surface area (Å²) in [5.41, 5.74) is 8.34. The number of hydrogen-bond donors (Lipinski definition) is 2. The van der Waals surface area contributed by atoms with Crippen molar-refractivity contribution in [1.82, 2.24) is 4.98 Å². The van der Waals surface area contributed by atoms with E-state index in [1.807, 2.05) is 26.0 Å². The number of nitrogens with zero attached hydrogens (tertiary/aromatic N) is 1. The summed E-state index contributed by atoms with van der Waals surface area (Å²) in [6.45, 7) is 4.52. The van der Waals surface area contributed by atoms with E-state index in [1.54, 1.807) is 24.4 Å². The molecule has 0 saturated carbocycles. The van der Waals surface area contributed by atoms with Gasteiger partial charge in [0.15, 0.2) is 0 Å². The van der Waals surface area contributed by atoms with Gasteiger partial charge >= 0.3 is 0 Å². The Kier molecular flexibility index (Phi) is 4.69. The lowest BCUT2D eigenvalue weighted by Gasteiger charge is -2.14. The van der Waals surface area contributed by atoms with Crippen molar-refractivity contribution in [2.24, 2.45) is 0 Å². The Balaban J connectivity index is 2.12. The van der Waals surface area contributed by atoms with E-state index in [-0.39, 0.29) is 6.10 Å². The molecule has 0 spiro atoms. The van der Waals surface area contributed by atoms with Crippen LogP contribution in [-0.4, -0.2) is 11.1 Å². The summed E-state index contributed by atoms with van der Waals surface area (Å²) in [4.78, 5) is 4.25. The number of rotatable bonds is 5. The minimum absolute atomic E-state index is 0.0832. The van der Waals surface area contributed by atoms with Crippen LogP contribution in [0.25, 0.3) is 0 Å². The number of aromatic nitrogens is 1. The molecule has 0 amide bonds. The molecule has 20 heavy (non-hydrogen) atoms. The summed E-state index contributed by atoms with van der Waals surface area (Å²) in [7, 11) is 0. The van der Waals surface area contributed by atoms with Gasteiger partial charge in [-0.3, -0.25) is 0 Å². The number of nitrogens with two attached hydrogens (primary N) is 1. The van der Waals surface area contributed by atoms with Gasteiger partial charge in [0, 0.05) is 23.3 Å². The molecule has 0 aliphatic carbocycles. The zero-order chi connectivity index (χ0) is 14.5. The number of pyridine rings is 1. The van der Waals surface area contributed by atoms with E-state index in [4.69, 9.17) is 22.1 Å². The zero-order valence-electron chi connectivity index (χ0n) is 11.6. The fraction of sp³-hybridized carbons (Fsp3) is 0.267. The topological polar surface area (TPSA) is 60.2 Å². The average Bonchev–Trinajstić information content (AvgIpc) is 2.41. The fourth-order valence-corrected chi connectivity index (χ4v) is 1.93. The van der Waals surface area contributed by atoms with Crippen molar-refractivity contribution < 1.29 is 4.74 Å². The highest BCUT2D eigenvalue weighted by Gasteiger charge is 2.07. The summed E-state index contributed by atoms with van der Waals surface area (Å²) in [5.74, 6) is 0.635. The molecule has 2 rings (SSSR count). The molecule has 0 saturated heterocycles. The molecule has 0 fully saturated rings. The van der Waals surface area contributed by atoms with E-state index in [2.05, 4.69) is 10.3 Å². The molecule has 0 unspecified atom stereocenters. The molecule has 1 heterocycles. The molecule has 3 N–H and O–H groups in total. The Morgan fingerprint density at radius 2 is 2.15 bits per heavy atom. The number of ether oxygens (including phenoxy) is 1. The Bertz CT molecular complexity index is 587. The van der Waals surface area contributed by atoms with Crippen LogP contribution in [0.5, 0.6) is 5.88 Å². The number of nitrogens with one attached hydrogen (secondary N) is 1. The fourth-order valence-electron chi connectivity index (χ4n) is 1.76.